The van der Waals surface area contributed by atoms with Crippen LogP contribution in [0.3, 0.4) is 0 Å². The summed E-state index contributed by atoms with van der Waals surface area (Å²) in [7, 11) is 0. The summed E-state index contributed by atoms with van der Waals surface area (Å²) in [6.45, 7) is 3.75. The van der Waals surface area contributed by atoms with Crippen LogP contribution in [0.5, 0.6) is 0 Å². The summed E-state index contributed by atoms with van der Waals surface area (Å²) in [5.41, 5.74) is 1.45. The van der Waals surface area contributed by atoms with Crippen LogP contribution in [0.15, 0.2) is 29.6 Å². The van der Waals surface area contributed by atoms with E-state index in [0.29, 0.717) is 6.04 Å². The predicted molar refractivity (Wildman–Crippen MR) is 80.6 cm³/mol. The average molecular weight is 326 g/mol. The second-order valence-electron chi connectivity index (χ2n) is 4.61. The van der Waals surface area contributed by atoms with E-state index in [1.54, 1.807) is 0 Å². The van der Waals surface area contributed by atoms with Gasteiger partial charge in [-0.25, -0.2) is 0 Å². The van der Waals surface area contributed by atoms with Gasteiger partial charge in [-0.2, -0.15) is 0 Å². The minimum Gasteiger partial charge on any atom is -0.378 e. The molecule has 1 aliphatic heterocycles. The first-order valence-corrected chi connectivity index (χ1v) is 8.21. The highest BCUT2D eigenvalue weighted by Crippen LogP contribution is 2.27. The normalized spacial score (nSPS) is 21.5. The predicted octanol–water partition coefficient (Wildman–Crippen LogP) is 3.50. The number of rotatable bonds is 3. The number of ether oxygens (including phenoxy) is 1. The van der Waals surface area contributed by atoms with Gasteiger partial charge in [0.05, 0.1) is 13.2 Å². The number of nitrogens with zero attached hydrogens (tertiary/aromatic N) is 1. The highest BCUT2D eigenvalue weighted by Gasteiger charge is 2.22. The summed E-state index contributed by atoms with van der Waals surface area (Å²) >= 11 is 5.43. The second-order valence-corrected chi connectivity index (χ2v) is 6.17. The molecule has 1 aliphatic rings. The molecule has 1 aromatic carbocycles. The maximum absolute atomic E-state index is 5.54. The number of morpholine rings is 1. The number of alkyl halides is 1. The molecule has 0 N–H and O–H groups in total. The first kappa shape index (κ1) is 12.6. The van der Waals surface area contributed by atoms with Crippen LogP contribution in [-0.2, 0) is 11.3 Å². The second kappa shape index (κ2) is 5.70. The van der Waals surface area contributed by atoms with E-state index < -0.39 is 0 Å². The van der Waals surface area contributed by atoms with Crippen LogP contribution in [0.25, 0.3) is 10.1 Å². The zero-order valence-corrected chi connectivity index (χ0v) is 12.5. The lowest BCUT2D eigenvalue weighted by Crippen LogP contribution is -2.45. The van der Waals surface area contributed by atoms with Gasteiger partial charge in [-0.05, 0) is 22.4 Å². The van der Waals surface area contributed by atoms with Crippen LogP contribution in [0, 0.1) is 0 Å². The Kier molecular flexibility index (Phi) is 3.99. The zero-order chi connectivity index (χ0) is 12.4. The van der Waals surface area contributed by atoms with Gasteiger partial charge in [0, 0.05) is 29.2 Å². The Morgan fingerprint density at radius 1 is 1.39 bits per heavy atom. The van der Waals surface area contributed by atoms with Gasteiger partial charge in [0.25, 0.3) is 0 Å². The van der Waals surface area contributed by atoms with Crippen molar-refractivity contribution < 1.29 is 4.74 Å². The van der Waals surface area contributed by atoms with Crippen molar-refractivity contribution >= 4 is 37.4 Å². The van der Waals surface area contributed by atoms with Crippen LogP contribution >= 0.6 is 27.3 Å². The molecular weight excluding hydrogens is 310 g/mol. The van der Waals surface area contributed by atoms with Gasteiger partial charge in [-0.1, -0.05) is 34.1 Å². The van der Waals surface area contributed by atoms with Crippen molar-refractivity contribution in [1.29, 1.82) is 0 Å². The third kappa shape index (κ3) is 2.48. The fourth-order valence-corrected chi connectivity index (χ4v) is 3.96. The molecule has 96 valence electrons. The van der Waals surface area contributed by atoms with Crippen molar-refractivity contribution in [2.45, 2.75) is 12.6 Å². The number of hydrogen-bond donors (Lipinski definition) is 0. The van der Waals surface area contributed by atoms with Crippen LogP contribution in [0.2, 0.25) is 0 Å². The van der Waals surface area contributed by atoms with Crippen molar-refractivity contribution in [3.63, 3.8) is 0 Å². The minimum atomic E-state index is 0.498. The Balaban J connectivity index is 1.82. The average Bonchev–Trinajstić information content (AvgIpc) is 2.83. The number of thiophene rings is 1. The summed E-state index contributed by atoms with van der Waals surface area (Å²) in [4.78, 5) is 2.52. The molecule has 1 fully saturated rings. The summed E-state index contributed by atoms with van der Waals surface area (Å²) in [5, 5.41) is 4.68. The zero-order valence-electron chi connectivity index (χ0n) is 10.1. The SMILES string of the molecule is BrCC1COCCN1Cc1csc2ccccc12. The molecular formula is C14H16BrNOS. The first-order chi connectivity index (χ1) is 8.88. The minimum absolute atomic E-state index is 0.498. The van der Waals surface area contributed by atoms with Crippen molar-refractivity contribution in [2.75, 3.05) is 25.1 Å². The van der Waals surface area contributed by atoms with Crippen molar-refractivity contribution in [3.8, 4) is 0 Å². The molecule has 0 bridgehead atoms. The topological polar surface area (TPSA) is 12.5 Å². The van der Waals surface area contributed by atoms with Gasteiger partial charge < -0.3 is 4.74 Å². The molecule has 0 radical (unpaired) electrons. The lowest BCUT2D eigenvalue weighted by Gasteiger charge is -2.34. The molecule has 2 aromatic rings. The van der Waals surface area contributed by atoms with Gasteiger partial charge in [0.2, 0.25) is 0 Å². The largest absolute Gasteiger partial charge is 0.378 e. The maximum atomic E-state index is 5.54. The molecule has 0 saturated carbocycles. The molecule has 2 heterocycles. The molecule has 2 nitrogen and oxygen atoms in total. The van der Waals surface area contributed by atoms with E-state index in [4.69, 9.17) is 4.74 Å². The first-order valence-electron chi connectivity index (χ1n) is 6.21. The maximum Gasteiger partial charge on any atom is 0.0630 e. The smallest absolute Gasteiger partial charge is 0.0630 e. The Labute approximate surface area is 120 Å². The molecule has 18 heavy (non-hydrogen) atoms. The number of halogens is 1. The monoisotopic (exact) mass is 325 g/mol. The Morgan fingerprint density at radius 2 is 2.28 bits per heavy atom. The lowest BCUT2D eigenvalue weighted by atomic mass is 10.1. The van der Waals surface area contributed by atoms with Gasteiger partial charge in [0.1, 0.15) is 0 Å². The van der Waals surface area contributed by atoms with Crippen LogP contribution in [0.1, 0.15) is 5.56 Å². The molecule has 1 atom stereocenters. The van der Waals surface area contributed by atoms with Gasteiger partial charge >= 0.3 is 0 Å². The highest BCUT2D eigenvalue weighted by atomic mass is 79.9. The molecule has 1 unspecified atom stereocenters. The number of hydrogen-bond acceptors (Lipinski definition) is 3. The van der Waals surface area contributed by atoms with Gasteiger partial charge in [-0.15, -0.1) is 11.3 Å². The summed E-state index contributed by atoms with van der Waals surface area (Å²) < 4.78 is 6.93. The third-order valence-electron chi connectivity index (χ3n) is 3.46. The lowest BCUT2D eigenvalue weighted by molar-refractivity contribution is -0.00189. The van der Waals surface area contributed by atoms with E-state index in [1.807, 2.05) is 11.3 Å². The molecule has 1 aromatic heterocycles. The standard InChI is InChI=1S/C14H16BrNOS/c15-7-12-9-17-6-5-16(12)8-11-10-18-14-4-2-1-3-13(11)14/h1-4,10,12H,5-9H2. The molecule has 0 amide bonds. The third-order valence-corrected chi connectivity index (χ3v) is 5.22. The van der Waals surface area contributed by atoms with Gasteiger partial charge in [-0.3, -0.25) is 4.90 Å². The number of fused-ring (bicyclic) bond motifs is 1. The fourth-order valence-electron chi connectivity index (χ4n) is 2.41. The molecule has 3 rings (SSSR count). The van der Waals surface area contributed by atoms with E-state index >= 15 is 0 Å². The summed E-state index contributed by atoms with van der Waals surface area (Å²) in [5.74, 6) is 0. The quantitative estimate of drug-likeness (QED) is 0.801. The van der Waals surface area contributed by atoms with Crippen LogP contribution in [-0.4, -0.2) is 36.0 Å². The van der Waals surface area contributed by atoms with E-state index in [1.165, 1.54) is 15.6 Å². The fraction of sp³-hybridized carbons (Fsp3) is 0.429. The Morgan fingerprint density at radius 3 is 3.17 bits per heavy atom. The van der Waals surface area contributed by atoms with E-state index in [9.17, 15) is 0 Å². The van der Waals surface area contributed by atoms with E-state index in [2.05, 4.69) is 50.5 Å². The molecule has 0 aliphatic carbocycles. The molecule has 4 heteroatoms. The van der Waals surface area contributed by atoms with E-state index in [0.717, 1.165) is 31.6 Å². The Hall–Kier alpha value is -0.420. The molecule has 0 spiro atoms. The van der Waals surface area contributed by atoms with Crippen molar-refractivity contribution in [2.24, 2.45) is 0 Å². The van der Waals surface area contributed by atoms with Crippen LogP contribution in [0.4, 0.5) is 0 Å². The number of benzene rings is 1. The Bertz CT molecular complexity index is 527. The summed E-state index contributed by atoms with van der Waals surface area (Å²) in [6.07, 6.45) is 0. The molecule has 1 saturated heterocycles. The van der Waals surface area contributed by atoms with Crippen molar-refractivity contribution in [1.82, 2.24) is 4.90 Å². The van der Waals surface area contributed by atoms with Gasteiger partial charge in [0.15, 0.2) is 0 Å². The van der Waals surface area contributed by atoms with Crippen molar-refractivity contribution in [3.05, 3.63) is 35.2 Å². The summed E-state index contributed by atoms with van der Waals surface area (Å²) in [6, 6.07) is 9.16. The highest BCUT2D eigenvalue weighted by molar-refractivity contribution is 9.09. The van der Waals surface area contributed by atoms with Crippen LogP contribution < -0.4 is 0 Å². The van der Waals surface area contributed by atoms with E-state index in [-0.39, 0.29) is 0 Å².